The maximum absolute atomic E-state index is 12.8. The smallest absolute Gasteiger partial charge is 0.406 e. The Morgan fingerprint density at radius 1 is 0.977 bits per heavy atom. The molecule has 2 amide bonds. The van der Waals surface area contributed by atoms with E-state index in [9.17, 15) is 14.4 Å². The maximum Gasteiger partial charge on any atom is 0.406 e. The summed E-state index contributed by atoms with van der Waals surface area (Å²) >= 11 is 0. The Balaban J connectivity index is 0.000000708. The minimum atomic E-state index is -0.530. The van der Waals surface area contributed by atoms with E-state index in [0.717, 1.165) is 48.1 Å². The van der Waals surface area contributed by atoms with Crippen LogP contribution in [0.15, 0.2) is 36.4 Å². The fourth-order valence-electron chi connectivity index (χ4n) is 4.75. The van der Waals surface area contributed by atoms with Gasteiger partial charge in [0.05, 0.1) is 12.7 Å². The molecule has 238 valence electrons. The third-order valence-electron chi connectivity index (χ3n) is 6.95. The summed E-state index contributed by atoms with van der Waals surface area (Å²) in [5, 5.41) is 13.7. The van der Waals surface area contributed by atoms with Crippen LogP contribution in [0, 0.1) is 0 Å². The summed E-state index contributed by atoms with van der Waals surface area (Å²) < 4.78 is 21.0. The number of methoxy groups -OCH3 is 1. The van der Waals surface area contributed by atoms with Crippen LogP contribution < -0.4 is 10.6 Å². The Morgan fingerprint density at radius 2 is 1.65 bits per heavy atom. The predicted molar refractivity (Wildman–Crippen MR) is 166 cm³/mol. The lowest BCUT2D eigenvalue weighted by Gasteiger charge is -2.15. The number of alkyl carbamates (subject to hydrolysis) is 1. The van der Waals surface area contributed by atoms with E-state index in [4.69, 9.17) is 24.1 Å². The van der Waals surface area contributed by atoms with Crippen LogP contribution in [0.1, 0.15) is 84.2 Å². The van der Waals surface area contributed by atoms with Gasteiger partial charge in [0.25, 0.3) is 5.91 Å². The molecule has 3 rings (SSSR count). The van der Waals surface area contributed by atoms with Crippen molar-refractivity contribution in [2.24, 2.45) is 0 Å². The number of hydrogen-bond donors (Lipinski definition) is 3. The van der Waals surface area contributed by atoms with Gasteiger partial charge in [-0.1, -0.05) is 25.1 Å². The van der Waals surface area contributed by atoms with Gasteiger partial charge in [-0.25, -0.2) is 4.79 Å². The summed E-state index contributed by atoms with van der Waals surface area (Å²) in [5.41, 5.74) is 4.93. The van der Waals surface area contributed by atoms with Gasteiger partial charge in [0, 0.05) is 70.6 Å². The van der Waals surface area contributed by atoms with Crippen molar-refractivity contribution in [1.82, 2.24) is 10.6 Å². The van der Waals surface area contributed by atoms with Crippen molar-refractivity contribution in [2.75, 3.05) is 60.3 Å². The number of Topliss-reactive ketones (excluding diaryl/α,β-unsaturated/α-hetero) is 1. The number of benzene rings is 2. The molecule has 10 heteroatoms. The predicted octanol–water partition coefficient (Wildman–Crippen LogP) is 4.71. The zero-order chi connectivity index (χ0) is 31.6. The number of aliphatic hydroxyl groups is 1. The largest absolute Gasteiger partial charge is 0.449 e. The molecule has 3 N–H and O–H groups in total. The topological polar surface area (TPSA) is 132 Å². The van der Waals surface area contributed by atoms with Crippen molar-refractivity contribution < 1.29 is 38.4 Å². The van der Waals surface area contributed by atoms with Crippen LogP contribution >= 0.6 is 0 Å². The van der Waals surface area contributed by atoms with Crippen LogP contribution in [0.4, 0.5) is 4.79 Å². The van der Waals surface area contributed by atoms with Gasteiger partial charge in [0.2, 0.25) is 0 Å². The molecule has 0 spiro atoms. The van der Waals surface area contributed by atoms with Crippen molar-refractivity contribution in [2.45, 2.75) is 58.5 Å². The molecule has 0 heterocycles. The summed E-state index contributed by atoms with van der Waals surface area (Å²) in [5.74, 6) is -0.390. The third-order valence-corrected chi connectivity index (χ3v) is 6.95. The van der Waals surface area contributed by atoms with Gasteiger partial charge in [-0.2, -0.15) is 0 Å². The number of rotatable bonds is 17. The zero-order valence-corrected chi connectivity index (χ0v) is 26.2. The van der Waals surface area contributed by atoms with Crippen LogP contribution in [0.2, 0.25) is 0 Å². The van der Waals surface area contributed by atoms with Crippen molar-refractivity contribution in [1.29, 1.82) is 0 Å². The zero-order valence-electron chi connectivity index (χ0n) is 26.2. The van der Waals surface area contributed by atoms with Gasteiger partial charge < -0.3 is 34.7 Å². The molecule has 0 saturated carbocycles. The second-order valence-electron chi connectivity index (χ2n) is 10.2. The maximum atomic E-state index is 12.8. The number of amides is 2. The van der Waals surface area contributed by atoms with Gasteiger partial charge in [-0.3, -0.25) is 9.59 Å². The molecule has 0 saturated heterocycles. The van der Waals surface area contributed by atoms with E-state index in [0.29, 0.717) is 43.9 Å². The number of carbonyl (C=O) groups excluding carboxylic acids is 3. The molecule has 0 fully saturated rings. The normalized spacial score (nSPS) is 13.7. The molecule has 10 nitrogen and oxygen atoms in total. The summed E-state index contributed by atoms with van der Waals surface area (Å²) in [6, 6.07) is 11.2. The van der Waals surface area contributed by atoms with E-state index in [1.807, 2.05) is 51.1 Å². The van der Waals surface area contributed by atoms with Crippen molar-refractivity contribution >= 4 is 17.8 Å². The van der Waals surface area contributed by atoms with Crippen LogP contribution in [-0.4, -0.2) is 89.3 Å². The number of ketones is 1. The molecular formula is C33H48N2O8. The summed E-state index contributed by atoms with van der Waals surface area (Å²) in [4.78, 5) is 37.1. The monoisotopic (exact) mass is 600 g/mol. The van der Waals surface area contributed by atoms with E-state index >= 15 is 0 Å². The highest BCUT2D eigenvalue weighted by atomic mass is 16.5. The quantitative estimate of drug-likeness (QED) is 0.176. The number of ether oxygens (including phenoxy) is 4. The first-order valence-corrected chi connectivity index (χ1v) is 15.0. The highest BCUT2D eigenvalue weighted by Gasteiger charge is 2.31. The Kier molecular flexibility index (Phi) is 16.5. The summed E-state index contributed by atoms with van der Waals surface area (Å²) in [6.45, 7) is 8.99. The molecule has 1 aliphatic carbocycles. The van der Waals surface area contributed by atoms with Crippen molar-refractivity contribution in [3.63, 3.8) is 0 Å². The molecule has 2 aromatic rings. The van der Waals surface area contributed by atoms with Gasteiger partial charge in [-0.05, 0) is 73.6 Å². The van der Waals surface area contributed by atoms with Crippen LogP contribution in [0.3, 0.4) is 0 Å². The molecule has 0 aliphatic heterocycles. The molecule has 2 unspecified atom stereocenters. The lowest BCUT2D eigenvalue weighted by atomic mass is 9.94. The highest BCUT2D eigenvalue weighted by molar-refractivity contribution is 5.98. The van der Waals surface area contributed by atoms with Crippen molar-refractivity contribution in [3.05, 3.63) is 58.7 Å². The number of aliphatic hydroxyl groups excluding tert-OH is 1. The molecular weight excluding hydrogens is 552 g/mol. The van der Waals surface area contributed by atoms with Crippen LogP contribution in [-0.2, 0) is 18.9 Å². The average Bonchev–Trinajstić information content (AvgIpc) is 3.32. The summed E-state index contributed by atoms with van der Waals surface area (Å²) in [7, 11) is 3.15. The fourth-order valence-corrected chi connectivity index (χ4v) is 4.75. The second-order valence-corrected chi connectivity index (χ2v) is 10.2. The molecule has 0 aromatic heterocycles. The number of nitrogens with one attached hydrogen (secondary N) is 2. The van der Waals surface area contributed by atoms with E-state index < -0.39 is 6.09 Å². The highest BCUT2D eigenvalue weighted by Crippen LogP contribution is 2.45. The molecule has 1 aliphatic rings. The third kappa shape index (κ3) is 11.4. The van der Waals surface area contributed by atoms with Crippen molar-refractivity contribution in [3.8, 4) is 11.1 Å². The van der Waals surface area contributed by atoms with Gasteiger partial charge >= 0.3 is 6.09 Å². The molecule has 43 heavy (non-hydrogen) atoms. The van der Waals surface area contributed by atoms with E-state index in [2.05, 4.69) is 10.6 Å². The number of hydrogen-bond acceptors (Lipinski definition) is 8. The minimum Gasteiger partial charge on any atom is -0.449 e. The minimum absolute atomic E-state index is 0.0849. The molecule has 0 radical (unpaired) electrons. The number of fused-ring (bicyclic) bond motifs is 3. The first-order valence-electron chi connectivity index (χ1n) is 15.0. The van der Waals surface area contributed by atoms with Crippen LogP contribution in [0.5, 0.6) is 0 Å². The SMILES string of the molecule is CCCC(=O)c1ccc2c(c1)C(COC(=O)NC)c1cc(C(=O)NCCOCCCOC)ccc1-2.CCOC(C)CCO. The first-order chi connectivity index (χ1) is 20.8. The lowest BCUT2D eigenvalue weighted by molar-refractivity contribution is 0.0568. The average molecular weight is 601 g/mol. The Morgan fingerprint density at radius 3 is 2.26 bits per heavy atom. The Bertz CT molecular complexity index is 1160. The Labute approximate surface area is 255 Å². The summed E-state index contributed by atoms with van der Waals surface area (Å²) in [6.07, 6.45) is 2.49. The van der Waals surface area contributed by atoms with Gasteiger partial charge in [0.15, 0.2) is 5.78 Å². The first kappa shape index (κ1) is 35.9. The molecule has 2 atom stereocenters. The fraction of sp³-hybridized carbons (Fsp3) is 0.545. The standard InChI is InChI=1S/C27H34N2O6.C6H14O2/c1-4-6-25(30)18-7-9-20-21-10-8-19(26(31)29-11-14-34-13-5-12-33-3)16-23(21)24(22(20)15-18)17-35-27(32)28-2;1-3-8-6(2)4-5-7/h7-10,15-16,24H,4-6,11-14,17H2,1-3H3,(H,28,32)(H,29,31);6-7H,3-5H2,1-2H3. The van der Waals surface area contributed by atoms with E-state index in [1.54, 1.807) is 13.2 Å². The molecule has 0 bridgehead atoms. The van der Waals surface area contributed by atoms with Gasteiger partial charge in [0.1, 0.15) is 6.61 Å². The van der Waals surface area contributed by atoms with Gasteiger partial charge in [-0.15, -0.1) is 0 Å². The lowest BCUT2D eigenvalue weighted by Crippen LogP contribution is -2.27. The van der Waals surface area contributed by atoms with E-state index in [1.165, 1.54) is 7.05 Å². The van der Waals surface area contributed by atoms with E-state index in [-0.39, 0.29) is 36.9 Å². The number of carbonyl (C=O) groups is 3. The second kappa shape index (κ2) is 19.8. The van der Waals surface area contributed by atoms with Crippen LogP contribution in [0.25, 0.3) is 11.1 Å². The Hall–Kier alpha value is -3.31. The molecule has 2 aromatic carbocycles.